The van der Waals surface area contributed by atoms with Crippen LogP contribution in [-0.4, -0.2) is 59.7 Å². The van der Waals surface area contributed by atoms with Gasteiger partial charge in [0, 0.05) is 37.4 Å². The van der Waals surface area contributed by atoms with Crippen LogP contribution in [0.5, 0.6) is 5.75 Å². The van der Waals surface area contributed by atoms with Gasteiger partial charge >= 0.3 is 5.97 Å². The number of pyridine rings is 1. The summed E-state index contributed by atoms with van der Waals surface area (Å²) >= 11 is 5.73. The smallest absolute Gasteiger partial charge is 0.342 e. The van der Waals surface area contributed by atoms with E-state index in [4.69, 9.17) is 16.3 Å². The van der Waals surface area contributed by atoms with Crippen LogP contribution in [0.3, 0.4) is 0 Å². The van der Waals surface area contributed by atoms with Gasteiger partial charge < -0.3 is 19.6 Å². The van der Waals surface area contributed by atoms with Crippen molar-refractivity contribution in [3.05, 3.63) is 53.2 Å². The molecule has 26 heavy (non-hydrogen) atoms. The van der Waals surface area contributed by atoms with E-state index < -0.39 is 5.97 Å². The second kappa shape index (κ2) is 8.05. The number of piperazine rings is 1. The molecule has 1 aliphatic heterocycles. The molecular weight excluding hydrogens is 358 g/mol. The number of phenols is 1. The summed E-state index contributed by atoms with van der Waals surface area (Å²) in [6.07, 6.45) is 1.73. The third-order valence-corrected chi connectivity index (χ3v) is 4.35. The van der Waals surface area contributed by atoms with Crippen molar-refractivity contribution in [2.45, 2.75) is 0 Å². The van der Waals surface area contributed by atoms with Gasteiger partial charge in [-0.05, 0) is 30.3 Å². The fraction of sp³-hybridized carbons (Fsp3) is 0.278. The molecule has 0 unspecified atom stereocenters. The number of hydrogen-bond acceptors (Lipinski definition) is 6. The van der Waals surface area contributed by atoms with Gasteiger partial charge in [0.1, 0.15) is 17.1 Å². The van der Waals surface area contributed by atoms with Crippen LogP contribution < -0.4 is 4.90 Å². The molecule has 1 amide bonds. The molecule has 1 saturated heterocycles. The highest BCUT2D eigenvalue weighted by Crippen LogP contribution is 2.22. The number of carbonyl (C=O) groups is 2. The number of benzene rings is 1. The maximum atomic E-state index is 12.2. The Labute approximate surface area is 155 Å². The molecule has 1 aromatic carbocycles. The summed E-state index contributed by atoms with van der Waals surface area (Å²) in [6, 6.07) is 9.78. The normalized spacial score (nSPS) is 14.2. The molecule has 1 fully saturated rings. The molecule has 0 aliphatic carbocycles. The topological polar surface area (TPSA) is 83.0 Å². The van der Waals surface area contributed by atoms with E-state index in [9.17, 15) is 14.7 Å². The molecule has 2 aromatic rings. The average molecular weight is 376 g/mol. The van der Waals surface area contributed by atoms with E-state index in [-0.39, 0.29) is 23.8 Å². The van der Waals surface area contributed by atoms with Crippen LogP contribution in [0.1, 0.15) is 10.4 Å². The number of aromatic nitrogens is 1. The van der Waals surface area contributed by atoms with Crippen LogP contribution in [0.15, 0.2) is 42.6 Å². The lowest BCUT2D eigenvalue weighted by Crippen LogP contribution is -2.50. The van der Waals surface area contributed by atoms with Crippen molar-refractivity contribution < 1.29 is 19.4 Å². The van der Waals surface area contributed by atoms with Crippen LogP contribution in [0.4, 0.5) is 5.82 Å². The van der Waals surface area contributed by atoms with E-state index >= 15 is 0 Å². The van der Waals surface area contributed by atoms with Crippen molar-refractivity contribution >= 4 is 29.3 Å². The number of rotatable bonds is 4. The van der Waals surface area contributed by atoms with Gasteiger partial charge in [-0.3, -0.25) is 4.79 Å². The largest absolute Gasteiger partial charge is 0.507 e. The number of esters is 1. The maximum absolute atomic E-state index is 12.2. The molecule has 3 rings (SSSR count). The number of amides is 1. The van der Waals surface area contributed by atoms with Crippen LogP contribution in [0.25, 0.3) is 0 Å². The molecule has 0 spiro atoms. The Morgan fingerprint density at radius 1 is 1.15 bits per heavy atom. The standard InChI is InChI=1S/C18H18ClN3O4/c19-13-4-5-14(15(23)11-13)18(25)26-12-17(24)22-9-7-21(8-10-22)16-3-1-2-6-20-16/h1-6,11,23H,7-10,12H2. The van der Waals surface area contributed by atoms with E-state index in [0.717, 1.165) is 5.82 Å². The highest BCUT2D eigenvalue weighted by Gasteiger charge is 2.23. The molecule has 1 aromatic heterocycles. The number of nitrogens with zero attached hydrogens (tertiary/aromatic N) is 3. The predicted molar refractivity (Wildman–Crippen MR) is 96.4 cm³/mol. The minimum atomic E-state index is -0.764. The molecule has 1 aliphatic rings. The van der Waals surface area contributed by atoms with E-state index in [0.29, 0.717) is 31.2 Å². The fourth-order valence-electron chi connectivity index (χ4n) is 2.70. The summed E-state index contributed by atoms with van der Waals surface area (Å²) in [7, 11) is 0. The van der Waals surface area contributed by atoms with Crippen molar-refractivity contribution in [1.82, 2.24) is 9.88 Å². The highest BCUT2D eigenvalue weighted by molar-refractivity contribution is 6.30. The van der Waals surface area contributed by atoms with Gasteiger partial charge in [-0.2, -0.15) is 0 Å². The van der Waals surface area contributed by atoms with E-state index in [1.807, 2.05) is 18.2 Å². The number of halogens is 1. The lowest BCUT2D eigenvalue weighted by atomic mass is 10.2. The minimum absolute atomic E-state index is 0.0258. The third-order valence-electron chi connectivity index (χ3n) is 4.11. The van der Waals surface area contributed by atoms with Crippen LogP contribution in [0, 0.1) is 0 Å². The van der Waals surface area contributed by atoms with Crippen molar-refractivity contribution in [3.63, 3.8) is 0 Å². The molecule has 2 heterocycles. The molecule has 1 N–H and O–H groups in total. The van der Waals surface area contributed by atoms with Gasteiger partial charge in [0.25, 0.3) is 5.91 Å². The van der Waals surface area contributed by atoms with Crippen LogP contribution in [-0.2, 0) is 9.53 Å². The zero-order valence-corrected chi connectivity index (χ0v) is 14.7. The molecule has 0 atom stereocenters. The molecule has 0 radical (unpaired) electrons. The second-order valence-electron chi connectivity index (χ2n) is 5.79. The quantitative estimate of drug-likeness (QED) is 0.822. The molecule has 0 saturated carbocycles. The molecule has 8 heteroatoms. The summed E-state index contributed by atoms with van der Waals surface area (Å²) in [4.78, 5) is 32.3. The lowest BCUT2D eigenvalue weighted by molar-refractivity contribution is -0.134. The minimum Gasteiger partial charge on any atom is -0.507 e. The van der Waals surface area contributed by atoms with E-state index in [1.165, 1.54) is 18.2 Å². The first-order chi connectivity index (χ1) is 12.5. The van der Waals surface area contributed by atoms with Crippen molar-refractivity contribution in [2.75, 3.05) is 37.7 Å². The third kappa shape index (κ3) is 4.23. The van der Waals surface area contributed by atoms with Crippen LogP contribution in [0.2, 0.25) is 5.02 Å². The van der Waals surface area contributed by atoms with Gasteiger partial charge in [-0.1, -0.05) is 17.7 Å². The lowest BCUT2D eigenvalue weighted by Gasteiger charge is -2.35. The Hall–Kier alpha value is -2.80. The monoisotopic (exact) mass is 375 g/mol. The van der Waals surface area contributed by atoms with Gasteiger partial charge in [-0.25, -0.2) is 9.78 Å². The van der Waals surface area contributed by atoms with Gasteiger partial charge in [0.15, 0.2) is 6.61 Å². The fourth-order valence-corrected chi connectivity index (χ4v) is 2.87. The summed E-state index contributed by atoms with van der Waals surface area (Å²) in [5.41, 5.74) is -0.0258. The highest BCUT2D eigenvalue weighted by atomic mass is 35.5. The first-order valence-corrected chi connectivity index (χ1v) is 8.52. The summed E-state index contributed by atoms with van der Waals surface area (Å²) in [5, 5.41) is 10.0. The number of anilines is 1. The number of aromatic hydroxyl groups is 1. The van der Waals surface area contributed by atoms with Gasteiger partial charge in [0.05, 0.1) is 0 Å². The maximum Gasteiger partial charge on any atom is 0.342 e. The Balaban J connectivity index is 1.49. The summed E-state index contributed by atoms with van der Waals surface area (Å²) < 4.78 is 5.02. The first kappa shape index (κ1) is 18.0. The van der Waals surface area contributed by atoms with E-state index in [2.05, 4.69) is 9.88 Å². The second-order valence-corrected chi connectivity index (χ2v) is 6.23. The van der Waals surface area contributed by atoms with Crippen molar-refractivity contribution in [2.24, 2.45) is 0 Å². The Kier molecular flexibility index (Phi) is 5.58. The Bertz CT molecular complexity index is 792. The summed E-state index contributed by atoms with van der Waals surface area (Å²) in [6.45, 7) is 2.01. The van der Waals surface area contributed by atoms with Gasteiger partial charge in [0.2, 0.25) is 0 Å². The molecule has 136 valence electrons. The Morgan fingerprint density at radius 3 is 2.58 bits per heavy atom. The number of ether oxygens (including phenoxy) is 1. The predicted octanol–water partition coefficient (Wildman–Crippen LogP) is 1.95. The van der Waals surface area contributed by atoms with E-state index in [1.54, 1.807) is 11.1 Å². The number of phenolic OH excluding ortho intramolecular Hbond substituents is 1. The first-order valence-electron chi connectivity index (χ1n) is 8.14. The zero-order chi connectivity index (χ0) is 18.5. The van der Waals surface area contributed by atoms with Crippen LogP contribution >= 0.6 is 11.6 Å². The van der Waals surface area contributed by atoms with Gasteiger partial charge in [-0.15, -0.1) is 0 Å². The zero-order valence-electron chi connectivity index (χ0n) is 14.0. The molecular formula is C18H18ClN3O4. The average Bonchev–Trinajstić information content (AvgIpc) is 2.66. The Morgan fingerprint density at radius 2 is 1.92 bits per heavy atom. The SMILES string of the molecule is O=C(OCC(=O)N1CCN(c2ccccn2)CC1)c1ccc(Cl)cc1O. The molecule has 0 bridgehead atoms. The number of carbonyl (C=O) groups excluding carboxylic acids is 2. The molecule has 7 nitrogen and oxygen atoms in total. The summed E-state index contributed by atoms with van der Waals surface area (Å²) in [5.74, 6) is -0.435. The van der Waals surface area contributed by atoms with Crippen molar-refractivity contribution in [1.29, 1.82) is 0 Å². The van der Waals surface area contributed by atoms with Crippen molar-refractivity contribution in [3.8, 4) is 5.75 Å². The number of hydrogen-bond donors (Lipinski definition) is 1.